The van der Waals surface area contributed by atoms with Gasteiger partial charge in [0.05, 0.1) is 44.7 Å². The molecule has 52 heavy (non-hydrogen) atoms. The minimum atomic E-state index is -3.07. The van der Waals surface area contributed by atoms with Gasteiger partial charge in [-0.2, -0.15) is 0 Å². The fourth-order valence-corrected chi connectivity index (χ4v) is 6.54. The Morgan fingerprint density at radius 3 is 2.00 bits per heavy atom. The molecule has 4 saturated heterocycles. The van der Waals surface area contributed by atoms with E-state index in [9.17, 15) is 76.0 Å². The molecule has 14 N–H and O–H groups in total. The first-order valence-electron chi connectivity index (χ1n) is 16.5. The molecule has 0 saturated carbocycles. The van der Waals surface area contributed by atoms with Gasteiger partial charge in [-0.25, -0.2) is 4.79 Å². The number of ether oxygens (including phenoxy) is 7. The van der Waals surface area contributed by atoms with E-state index >= 15 is 0 Å². The summed E-state index contributed by atoms with van der Waals surface area (Å²) in [5, 5.41) is 138. The molecule has 1 amide bonds. The lowest BCUT2D eigenvalue weighted by molar-refractivity contribution is -0.386. The van der Waals surface area contributed by atoms with Crippen molar-refractivity contribution in [1.29, 1.82) is 0 Å². The van der Waals surface area contributed by atoms with Gasteiger partial charge >= 0.3 is 5.97 Å². The highest BCUT2D eigenvalue weighted by Crippen LogP contribution is 2.38. The molecule has 0 radical (unpaired) electrons. The number of rotatable bonds is 13. The Hall–Kier alpha value is -1.82. The number of hydrogen-bond donors (Lipinski definition) is 14. The average molecular weight is 764 g/mol. The van der Waals surface area contributed by atoms with Crippen LogP contribution in [0.15, 0.2) is 0 Å². The van der Waals surface area contributed by atoms with E-state index < -0.39 is 167 Å². The highest BCUT2D eigenvalue weighted by molar-refractivity contribution is 5.76. The summed E-state index contributed by atoms with van der Waals surface area (Å²) in [5.41, 5.74) is 0. The van der Waals surface area contributed by atoms with Gasteiger partial charge in [-0.05, 0) is 6.92 Å². The first kappa shape index (κ1) is 42.9. The first-order valence-corrected chi connectivity index (χ1v) is 16.5. The Labute approximate surface area is 295 Å². The van der Waals surface area contributed by atoms with Crippen LogP contribution in [0.5, 0.6) is 0 Å². The lowest BCUT2D eigenvalue weighted by atomic mass is 9.88. The van der Waals surface area contributed by atoms with Crippen LogP contribution < -0.4 is 5.32 Å². The van der Waals surface area contributed by atoms with Crippen LogP contribution in [0.2, 0.25) is 0 Å². The molecule has 0 aromatic rings. The van der Waals surface area contributed by atoms with Crippen LogP contribution in [-0.4, -0.2) is 227 Å². The van der Waals surface area contributed by atoms with Crippen LogP contribution in [0.25, 0.3) is 0 Å². The molecule has 0 aromatic heterocycles. The molecule has 0 bridgehead atoms. The molecular formula is C29H49NO22. The Morgan fingerprint density at radius 1 is 0.808 bits per heavy atom. The van der Waals surface area contributed by atoms with Gasteiger partial charge in [-0.15, -0.1) is 0 Å². The fraction of sp³-hybridized carbons (Fsp3) is 0.931. The molecule has 4 fully saturated rings. The number of aliphatic hydroxyl groups excluding tert-OH is 12. The molecular weight excluding hydrogens is 714 g/mol. The van der Waals surface area contributed by atoms with E-state index in [1.54, 1.807) is 0 Å². The van der Waals surface area contributed by atoms with Gasteiger partial charge in [0.15, 0.2) is 12.6 Å². The Kier molecular flexibility index (Phi) is 14.7. The largest absolute Gasteiger partial charge is 0.477 e. The standard InChI is InChI=1S/C29H49NO22/c1-8-16(38)19(41)20(42)26(47-8)49-22-12(37)7-46-14(6-33)23(22)50-27-21(43)25(18(40)13(5-32)48-27)52-29(28(44)45)3-10(35)15(30-9(2)34)24(51-29)17(39)11(36)4-31/h8,10-27,31-33,35-43H,3-7H2,1-2H3,(H,30,34)(H,44,45)/t8-,10-,11+,12-,13+,14+,15+,16+,17+,18-,19+,20-,21+,22+,23+,24+,25-,26-,27-,29-/m0/s1. The van der Waals surface area contributed by atoms with Gasteiger partial charge in [-0.3, -0.25) is 4.79 Å². The number of nitrogens with one attached hydrogen (secondary N) is 1. The van der Waals surface area contributed by atoms with Crippen molar-refractivity contribution in [3.63, 3.8) is 0 Å². The number of carbonyl (C=O) groups excluding carboxylic acids is 1. The van der Waals surface area contributed by atoms with Crippen molar-refractivity contribution >= 4 is 11.9 Å². The predicted molar refractivity (Wildman–Crippen MR) is 160 cm³/mol. The second kappa shape index (κ2) is 17.8. The maximum absolute atomic E-state index is 12.8. The highest BCUT2D eigenvalue weighted by Gasteiger charge is 2.60. The van der Waals surface area contributed by atoms with E-state index in [1.165, 1.54) is 6.92 Å². The molecule has 23 nitrogen and oxygen atoms in total. The van der Waals surface area contributed by atoms with Crippen molar-refractivity contribution in [1.82, 2.24) is 5.32 Å². The van der Waals surface area contributed by atoms with Crippen molar-refractivity contribution < 1.29 is 109 Å². The minimum Gasteiger partial charge on any atom is -0.477 e. The van der Waals surface area contributed by atoms with Crippen LogP contribution in [0, 0.1) is 0 Å². The summed E-state index contributed by atoms with van der Waals surface area (Å²) in [7, 11) is 0. The van der Waals surface area contributed by atoms with Crippen LogP contribution in [-0.2, 0) is 42.7 Å². The number of aliphatic hydroxyl groups is 12. The van der Waals surface area contributed by atoms with Crippen molar-refractivity contribution in [2.24, 2.45) is 0 Å². The normalized spacial score (nSPS) is 47.0. The molecule has 0 aromatic carbocycles. The second-order valence-corrected chi connectivity index (χ2v) is 13.2. The van der Waals surface area contributed by atoms with Gasteiger partial charge < -0.3 is 105 Å². The maximum atomic E-state index is 12.8. The highest BCUT2D eigenvalue weighted by atomic mass is 16.8. The third-order valence-electron chi connectivity index (χ3n) is 9.46. The summed E-state index contributed by atoms with van der Waals surface area (Å²) in [6, 6.07) is -1.57. The van der Waals surface area contributed by atoms with Crippen molar-refractivity contribution in [2.45, 2.75) is 142 Å². The molecule has 0 aliphatic carbocycles. The van der Waals surface area contributed by atoms with Crippen LogP contribution in [0.1, 0.15) is 20.3 Å². The number of carboxylic acids is 1. The smallest absolute Gasteiger partial charge is 0.364 e. The van der Waals surface area contributed by atoms with E-state index in [-0.39, 0.29) is 0 Å². The van der Waals surface area contributed by atoms with E-state index in [0.717, 1.165) is 6.92 Å². The maximum Gasteiger partial charge on any atom is 0.364 e. The topological polar surface area (TPSA) is 374 Å². The third kappa shape index (κ3) is 8.83. The van der Waals surface area contributed by atoms with Crippen LogP contribution in [0.4, 0.5) is 0 Å². The van der Waals surface area contributed by atoms with E-state index in [0.29, 0.717) is 0 Å². The molecule has 4 aliphatic rings. The lowest BCUT2D eigenvalue weighted by Crippen LogP contribution is -2.70. The quantitative estimate of drug-likeness (QED) is 0.0828. The molecule has 20 atom stereocenters. The summed E-state index contributed by atoms with van der Waals surface area (Å²) in [5.74, 6) is -5.82. The zero-order chi connectivity index (χ0) is 38.8. The number of hydrogen-bond acceptors (Lipinski definition) is 21. The van der Waals surface area contributed by atoms with Crippen LogP contribution >= 0.6 is 0 Å². The van der Waals surface area contributed by atoms with Crippen LogP contribution in [0.3, 0.4) is 0 Å². The number of carboxylic acid groups (broad SMARTS) is 1. The molecule has 23 heteroatoms. The lowest BCUT2D eigenvalue weighted by Gasteiger charge is -2.50. The molecule has 0 unspecified atom stereocenters. The van der Waals surface area contributed by atoms with E-state index in [4.69, 9.17) is 33.2 Å². The number of aliphatic carboxylic acids is 1. The Bertz CT molecular complexity index is 1190. The molecule has 4 rings (SSSR count). The second-order valence-electron chi connectivity index (χ2n) is 13.2. The van der Waals surface area contributed by atoms with Gasteiger partial charge in [0.1, 0.15) is 85.5 Å². The summed E-state index contributed by atoms with van der Waals surface area (Å²) in [6.45, 7) is -0.931. The van der Waals surface area contributed by atoms with Crippen molar-refractivity contribution in [3.8, 4) is 0 Å². The predicted octanol–water partition coefficient (Wildman–Crippen LogP) is -8.69. The van der Waals surface area contributed by atoms with Gasteiger partial charge in [0.2, 0.25) is 5.91 Å². The molecule has 4 heterocycles. The van der Waals surface area contributed by atoms with Gasteiger partial charge in [0, 0.05) is 13.3 Å². The number of amides is 1. The fourth-order valence-electron chi connectivity index (χ4n) is 6.54. The summed E-state index contributed by atoms with van der Waals surface area (Å²) < 4.78 is 39.3. The summed E-state index contributed by atoms with van der Waals surface area (Å²) in [4.78, 5) is 24.6. The zero-order valence-electron chi connectivity index (χ0n) is 28.0. The first-order chi connectivity index (χ1) is 24.4. The Balaban J connectivity index is 1.64. The van der Waals surface area contributed by atoms with E-state index in [1.807, 2.05) is 0 Å². The van der Waals surface area contributed by atoms with E-state index in [2.05, 4.69) is 5.32 Å². The zero-order valence-corrected chi connectivity index (χ0v) is 28.0. The van der Waals surface area contributed by atoms with Gasteiger partial charge in [-0.1, -0.05) is 0 Å². The average Bonchev–Trinajstić information content (AvgIpc) is 3.10. The summed E-state index contributed by atoms with van der Waals surface area (Å²) >= 11 is 0. The van der Waals surface area contributed by atoms with Gasteiger partial charge in [0.25, 0.3) is 5.79 Å². The van der Waals surface area contributed by atoms with Crippen molar-refractivity contribution in [3.05, 3.63) is 0 Å². The summed E-state index contributed by atoms with van der Waals surface area (Å²) in [6.07, 6.45) is -33.2. The SMILES string of the molecule is CC(=O)N[C@H]1[C@H]([C@H](O)[C@H](O)CO)O[C@@](O[C@H]2[C@@H](O)[C@@H](CO)O[C@@H](O[C@H]3[C@H](O[C@@H]4O[C@@H](C)[C@@H](O)[C@@H](O)[C@@H]4O)[C@@H](O)CO[C@@H]3CO)[C@@H]2O)(C(=O)O)C[C@@H]1O. The number of carbonyl (C=O) groups is 2. The minimum absolute atomic E-state index is 0.463. The van der Waals surface area contributed by atoms with Crippen molar-refractivity contribution in [2.75, 3.05) is 26.4 Å². The molecule has 4 aliphatic heterocycles. The monoisotopic (exact) mass is 763 g/mol. The molecule has 302 valence electrons. The third-order valence-corrected chi connectivity index (χ3v) is 9.46. The molecule has 0 spiro atoms. The Morgan fingerprint density at radius 2 is 1.42 bits per heavy atom.